The second kappa shape index (κ2) is 10.4. The van der Waals surface area contributed by atoms with Gasteiger partial charge in [-0.2, -0.15) is 0 Å². The Morgan fingerprint density at radius 2 is 1.76 bits per heavy atom. The zero-order chi connectivity index (χ0) is 22.5. The molecule has 1 aliphatic carbocycles. The quantitative estimate of drug-likeness (QED) is 0.680. The molecule has 0 saturated carbocycles. The topological polar surface area (TPSA) is 50.8 Å². The van der Waals surface area contributed by atoms with Crippen LogP contribution in [0.2, 0.25) is 0 Å². The first-order chi connectivity index (χ1) is 16.2. The lowest BCUT2D eigenvalue weighted by molar-refractivity contribution is -0.0418. The average molecular weight is 445 g/mol. The van der Waals surface area contributed by atoms with Crippen molar-refractivity contribution in [3.63, 3.8) is 0 Å². The highest BCUT2D eigenvalue weighted by Crippen LogP contribution is 2.27. The largest absolute Gasteiger partial charge is 0.493 e. The number of allylic oxidation sites excluding steroid dienone is 1. The Morgan fingerprint density at radius 3 is 2.55 bits per heavy atom. The van der Waals surface area contributed by atoms with E-state index in [0.29, 0.717) is 18.8 Å². The molecule has 2 aromatic carbocycles. The normalized spacial score (nSPS) is 21.4. The van der Waals surface area contributed by atoms with E-state index < -0.39 is 0 Å². The first kappa shape index (κ1) is 21.9. The van der Waals surface area contributed by atoms with E-state index in [4.69, 9.17) is 9.47 Å². The van der Waals surface area contributed by atoms with Crippen molar-refractivity contribution >= 4 is 5.91 Å². The van der Waals surface area contributed by atoms with Gasteiger partial charge in [0.25, 0.3) is 5.91 Å². The molecule has 33 heavy (non-hydrogen) atoms. The molecule has 0 spiro atoms. The average Bonchev–Trinajstić information content (AvgIpc) is 3.37. The maximum atomic E-state index is 13.1. The molecule has 2 atom stereocenters. The molecule has 1 amide bonds. The van der Waals surface area contributed by atoms with Crippen molar-refractivity contribution in [2.24, 2.45) is 0 Å². The number of nitrogens with one attached hydrogen (secondary N) is 1. The summed E-state index contributed by atoms with van der Waals surface area (Å²) in [6, 6.07) is 18.2. The van der Waals surface area contributed by atoms with Gasteiger partial charge < -0.3 is 19.7 Å². The van der Waals surface area contributed by atoms with Gasteiger partial charge in [0.05, 0.1) is 6.61 Å². The number of likely N-dealkylation sites (tertiary alicyclic amines) is 1. The molecule has 2 aromatic rings. The third-order valence-electron chi connectivity index (χ3n) is 6.66. The number of fused-ring (bicyclic) bond motifs is 1. The molecule has 5 rings (SSSR count). The van der Waals surface area contributed by atoms with Crippen molar-refractivity contribution in [3.8, 4) is 11.1 Å². The van der Waals surface area contributed by atoms with Gasteiger partial charge >= 0.3 is 0 Å². The summed E-state index contributed by atoms with van der Waals surface area (Å²) in [5.74, 6) is 0.916. The third kappa shape index (κ3) is 5.55. The van der Waals surface area contributed by atoms with Gasteiger partial charge in [0.15, 0.2) is 0 Å². The van der Waals surface area contributed by atoms with Crippen LogP contribution in [0.4, 0.5) is 0 Å². The number of rotatable bonds is 7. The Labute approximate surface area is 196 Å². The zero-order valence-corrected chi connectivity index (χ0v) is 19.0. The first-order valence-electron chi connectivity index (χ1n) is 12.1. The highest BCUT2D eigenvalue weighted by molar-refractivity contribution is 5.94. The minimum atomic E-state index is -0.0157. The summed E-state index contributed by atoms with van der Waals surface area (Å²) < 4.78 is 11.6. The number of amides is 1. The van der Waals surface area contributed by atoms with Crippen LogP contribution >= 0.6 is 0 Å². The highest BCUT2D eigenvalue weighted by atomic mass is 16.6. The second-order valence-corrected chi connectivity index (χ2v) is 9.09. The van der Waals surface area contributed by atoms with Crippen molar-refractivity contribution in [2.75, 3.05) is 32.8 Å². The number of hydrogen-bond acceptors (Lipinski definition) is 4. The Balaban J connectivity index is 1.27. The van der Waals surface area contributed by atoms with Crippen molar-refractivity contribution in [3.05, 3.63) is 83.6 Å². The smallest absolute Gasteiger partial charge is 0.251 e. The van der Waals surface area contributed by atoms with Crippen molar-refractivity contribution in [1.82, 2.24) is 10.2 Å². The number of benzene rings is 2. The van der Waals surface area contributed by atoms with Crippen LogP contribution in [0.3, 0.4) is 0 Å². The van der Waals surface area contributed by atoms with E-state index in [1.54, 1.807) is 0 Å². The van der Waals surface area contributed by atoms with Crippen LogP contribution in [0, 0.1) is 0 Å². The summed E-state index contributed by atoms with van der Waals surface area (Å²) in [7, 11) is 0. The molecule has 0 radical (unpaired) electrons. The number of nitrogens with zero attached hydrogens (tertiary/aromatic N) is 1. The van der Waals surface area contributed by atoms with Crippen LogP contribution in [-0.2, 0) is 9.47 Å². The molecule has 0 aromatic heterocycles. The maximum absolute atomic E-state index is 13.1. The Kier molecular flexibility index (Phi) is 6.89. The van der Waals surface area contributed by atoms with E-state index in [9.17, 15) is 4.79 Å². The van der Waals surface area contributed by atoms with Gasteiger partial charge in [-0.15, -0.1) is 0 Å². The molecule has 2 fully saturated rings. The van der Waals surface area contributed by atoms with Crippen LogP contribution in [0.5, 0.6) is 0 Å². The monoisotopic (exact) mass is 444 g/mol. The molecule has 2 saturated heterocycles. The van der Waals surface area contributed by atoms with Gasteiger partial charge in [0.1, 0.15) is 18.5 Å². The van der Waals surface area contributed by atoms with Crippen LogP contribution in [0.1, 0.15) is 36.0 Å². The summed E-state index contributed by atoms with van der Waals surface area (Å²) >= 11 is 0. The van der Waals surface area contributed by atoms with Crippen LogP contribution in [0.25, 0.3) is 11.1 Å². The van der Waals surface area contributed by atoms with E-state index in [1.165, 1.54) is 18.4 Å². The summed E-state index contributed by atoms with van der Waals surface area (Å²) in [6.45, 7) is 4.36. The SMILES string of the molecule is O=C(NC(CC1=CCC2OCCOC2=C1)CN1CCCC1)c1ccc(-c2ccccc2)cc1. The fraction of sp³-hybridized carbons (Fsp3) is 0.393. The molecule has 0 bridgehead atoms. The number of hydrogen-bond donors (Lipinski definition) is 1. The molecule has 3 aliphatic rings. The fourth-order valence-electron chi connectivity index (χ4n) is 4.92. The summed E-state index contributed by atoms with van der Waals surface area (Å²) in [6.07, 6.45) is 8.52. The molecule has 2 heterocycles. The molecule has 5 nitrogen and oxygen atoms in total. The van der Waals surface area contributed by atoms with E-state index in [2.05, 4.69) is 34.5 Å². The fourth-order valence-corrected chi connectivity index (χ4v) is 4.92. The molecule has 2 aliphatic heterocycles. The predicted molar refractivity (Wildman–Crippen MR) is 130 cm³/mol. The second-order valence-electron chi connectivity index (χ2n) is 9.09. The first-order valence-corrected chi connectivity index (χ1v) is 12.1. The standard InChI is InChI=1S/C28H32N2O3/c31-28(24-11-9-23(10-12-24)22-6-2-1-3-7-22)29-25(20-30-14-4-5-15-30)18-21-8-13-26-27(19-21)33-17-16-32-26/h1-3,6-12,19,25-26H,4-5,13-18,20H2,(H,29,31). The summed E-state index contributed by atoms with van der Waals surface area (Å²) in [5.41, 5.74) is 4.18. The molecular formula is C28H32N2O3. The van der Waals surface area contributed by atoms with Gasteiger partial charge in [-0.3, -0.25) is 4.79 Å². The number of ether oxygens (including phenoxy) is 2. The Bertz CT molecular complexity index is 1010. The minimum Gasteiger partial charge on any atom is -0.493 e. The molecule has 2 unspecified atom stereocenters. The molecule has 1 N–H and O–H groups in total. The maximum Gasteiger partial charge on any atom is 0.251 e. The third-order valence-corrected chi connectivity index (χ3v) is 6.66. The van der Waals surface area contributed by atoms with E-state index in [0.717, 1.165) is 49.4 Å². The Hall–Kier alpha value is -2.89. The van der Waals surface area contributed by atoms with Gasteiger partial charge in [-0.25, -0.2) is 0 Å². The minimum absolute atomic E-state index is 0.0157. The van der Waals surface area contributed by atoms with Crippen molar-refractivity contribution in [1.29, 1.82) is 0 Å². The highest BCUT2D eigenvalue weighted by Gasteiger charge is 2.26. The van der Waals surface area contributed by atoms with Crippen LogP contribution < -0.4 is 5.32 Å². The zero-order valence-electron chi connectivity index (χ0n) is 19.0. The lowest BCUT2D eigenvalue weighted by atomic mass is 9.96. The van der Waals surface area contributed by atoms with Crippen LogP contribution in [-0.4, -0.2) is 55.8 Å². The molecule has 172 valence electrons. The van der Waals surface area contributed by atoms with E-state index >= 15 is 0 Å². The van der Waals surface area contributed by atoms with E-state index in [1.807, 2.05) is 42.5 Å². The van der Waals surface area contributed by atoms with Gasteiger partial charge in [-0.1, -0.05) is 48.5 Å². The van der Waals surface area contributed by atoms with Crippen molar-refractivity contribution < 1.29 is 14.3 Å². The lowest BCUT2D eigenvalue weighted by Gasteiger charge is -2.30. The predicted octanol–water partition coefficient (Wildman–Crippen LogP) is 4.57. The van der Waals surface area contributed by atoms with E-state index in [-0.39, 0.29) is 18.1 Å². The number of carbonyl (C=O) groups is 1. The summed E-state index contributed by atoms with van der Waals surface area (Å²) in [5, 5.41) is 3.32. The molecule has 5 heteroatoms. The van der Waals surface area contributed by atoms with Crippen molar-refractivity contribution in [2.45, 2.75) is 37.8 Å². The van der Waals surface area contributed by atoms with Gasteiger partial charge in [0, 0.05) is 18.2 Å². The lowest BCUT2D eigenvalue weighted by Crippen LogP contribution is -2.43. The Morgan fingerprint density at radius 1 is 1.00 bits per heavy atom. The number of carbonyl (C=O) groups excluding carboxylic acids is 1. The molecular weight excluding hydrogens is 412 g/mol. The van der Waals surface area contributed by atoms with Crippen LogP contribution in [0.15, 0.2) is 78.1 Å². The van der Waals surface area contributed by atoms with Gasteiger partial charge in [-0.05, 0) is 73.7 Å². The summed E-state index contributed by atoms with van der Waals surface area (Å²) in [4.78, 5) is 15.6. The van der Waals surface area contributed by atoms with Gasteiger partial charge in [0.2, 0.25) is 0 Å².